The van der Waals surface area contributed by atoms with Crippen LogP contribution >= 0.6 is 11.8 Å². The highest BCUT2D eigenvalue weighted by Gasteiger charge is 2.16. The van der Waals surface area contributed by atoms with Crippen molar-refractivity contribution in [1.29, 1.82) is 0 Å². The Balaban J connectivity index is 1.66. The first-order valence-corrected chi connectivity index (χ1v) is 20.1. The number of amides is 1. The molecule has 16 heteroatoms. The van der Waals surface area contributed by atoms with Crippen molar-refractivity contribution >= 4 is 29.8 Å². The molecule has 0 aliphatic carbocycles. The summed E-state index contributed by atoms with van der Waals surface area (Å²) in [6, 6.07) is 10.5. The van der Waals surface area contributed by atoms with Crippen LogP contribution in [0.3, 0.4) is 0 Å². The summed E-state index contributed by atoms with van der Waals surface area (Å²) in [5, 5.41) is 12.3. The maximum atomic E-state index is 12.0. The van der Waals surface area contributed by atoms with E-state index in [1.54, 1.807) is 24.3 Å². The lowest BCUT2D eigenvalue weighted by atomic mass is 10.2. The molecule has 2 aromatic heterocycles. The lowest BCUT2D eigenvalue weighted by molar-refractivity contribution is 0.0244. The SMILES string of the molecule is COC(=O)c1cccc(CN(CCO)CCOCCOCCN(CCOCCCSCCCCCNC(=O)OC(C)(C)C)Cc2cccc(C(=O)OC)n2)n1. The number of aromatic nitrogens is 2. The molecular formula is C39H63N5O10S. The summed E-state index contributed by atoms with van der Waals surface area (Å²) < 4.78 is 32.5. The molecule has 2 N–H and O–H groups in total. The van der Waals surface area contributed by atoms with E-state index in [0.29, 0.717) is 91.1 Å². The van der Waals surface area contributed by atoms with Gasteiger partial charge in [0.15, 0.2) is 0 Å². The number of carbonyl (C=O) groups is 3. The molecule has 1 amide bonds. The number of hydrogen-bond donors (Lipinski definition) is 2. The molecular weight excluding hydrogens is 731 g/mol. The second-order valence-electron chi connectivity index (χ2n) is 13.6. The fourth-order valence-electron chi connectivity index (χ4n) is 5.09. The molecule has 2 rings (SSSR count). The third kappa shape index (κ3) is 23.3. The Bertz CT molecular complexity index is 1370. The topological polar surface area (TPSA) is 171 Å². The van der Waals surface area contributed by atoms with E-state index in [1.807, 2.05) is 49.6 Å². The molecule has 0 atom stereocenters. The lowest BCUT2D eigenvalue weighted by Gasteiger charge is -2.22. The van der Waals surface area contributed by atoms with Crippen molar-refractivity contribution < 1.29 is 47.9 Å². The Labute approximate surface area is 331 Å². The Morgan fingerprint density at radius 3 is 1.71 bits per heavy atom. The van der Waals surface area contributed by atoms with Gasteiger partial charge in [-0.1, -0.05) is 18.6 Å². The lowest BCUT2D eigenvalue weighted by Crippen LogP contribution is -2.32. The summed E-state index contributed by atoms with van der Waals surface area (Å²) in [6.07, 6.45) is 3.70. The van der Waals surface area contributed by atoms with E-state index < -0.39 is 17.5 Å². The van der Waals surface area contributed by atoms with Crippen LogP contribution in [0.2, 0.25) is 0 Å². The van der Waals surface area contributed by atoms with E-state index in [4.69, 9.17) is 28.4 Å². The van der Waals surface area contributed by atoms with Crippen molar-refractivity contribution in [2.45, 2.75) is 65.1 Å². The van der Waals surface area contributed by atoms with Crippen LogP contribution in [0.1, 0.15) is 78.8 Å². The largest absolute Gasteiger partial charge is 0.464 e. The van der Waals surface area contributed by atoms with Gasteiger partial charge in [-0.05, 0) is 75.8 Å². The number of alkyl carbamates (subject to hydrolysis) is 1. The van der Waals surface area contributed by atoms with Gasteiger partial charge in [-0.15, -0.1) is 0 Å². The highest BCUT2D eigenvalue weighted by atomic mass is 32.2. The molecule has 0 aliphatic heterocycles. The van der Waals surface area contributed by atoms with Gasteiger partial charge in [-0.2, -0.15) is 11.8 Å². The molecule has 15 nitrogen and oxygen atoms in total. The van der Waals surface area contributed by atoms with Gasteiger partial charge in [0.05, 0.1) is 65.2 Å². The third-order valence-electron chi connectivity index (χ3n) is 7.83. The predicted octanol–water partition coefficient (Wildman–Crippen LogP) is 4.21. The summed E-state index contributed by atoms with van der Waals surface area (Å²) >= 11 is 1.92. The minimum atomic E-state index is -0.492. The fraction of sp³-hybridized carbons (Fsp3) is 0.667. The molecule has 0 aromatic carbocycles. The third-order valence-corrected chi connectivity index (χ3v) is 8.98. The molecule has 0 aliphatic rings. The summed E-state index contributed by atoms with van der Waals surface area (Å²) in [5.41, 5.74) is 1.48. The number of nitrogens with one attached hydrogen (secondary N) is 1. The van der Waals surface area contributed by atoms with Crippen LogP contribution in [0.5, 0.6) is 0 Å². The maximum Gasteiger partial charge on any atom is 0.407 e. The molecule has 0 fully saturated rings. The molecule has 2 aromatic rings. The molecule has 55 heavy (non-hydrogen) atoms. The average molecular weight is 794 g/mol. The number of pyridine rings is 2. The van der Waals surface area contributed by atoms with E-state index in [1.165, 1.54) is 14.2 Å². The smallest absolute Gasteiger partial charge is 0.407 e. The van der Waals surface area contributed by atoms with Crippen molar-refractivity contribution in [3.63, 3.8) is 0 Å². The molecule has 0 saturated carbocycles. The Kier molecular flexibility index (Phi) is 25.1. The van der Waals surface area contributed by atoms with E-state index in [0.717, 1.165) is 42.9 Å². The summed E-state index contributed by atoms with van der Waals surface area (Å²) in [4.78, 5) is 48.6. The first-order valence-electron chi connectivity index (χ1n) is 19.0. The van der Waals surface area contributed by atoms with Crippen LogP contribution in [-0.2, 0) is 41.5 Å². The van der Waals surface area contributed by atoms with Crippen molar-refractivity contribution in [2.24, 2.45) is 0 Å². The van der Waals surface area contributed by atoms with Crippen LogP contribution < -0.4 is 5.32 Å². The molecule has 0 spiro atoms. The normalized spacial score (nSPS) is 11.6. The Hall–Kier alpha value is -3.38. The number of hydrogen-bond acceptors (Lipinski definition) is 15. The van der Waals surface area contributed by atoms with Gasteiger partial charge >= 0.3 is 18.0 Å². The van der Waals surface area contributed by atoms with Crippen LogP contribution in [0.25, 0.3) is 0 Å². The molecule has 310 valence electrons. The zero-order valence-corrected chi connectivity index (χ0v) is 34.2. The van der Waals surface area contributed by atoms with Crippen LogP contribution in [-0.4, -0.2) is 153 Å². The second-order valence-corrected chi connectivity index (χ2v) is 14.8. The first-order chi connectivity index (χ1) is 26.5. The number of aliphatic hydroxyl groups excluding tert-OH is 1. The fourth-order valence-corrected chi connectivity index (χ4v) is 6.03. The number of unbranched alkanes of at least 4 members (excludes halogenated alkanes) is 2. The Morgan fingerprint density at radius 1 is 0.691 bits per heavy atom. The van der Waals surface area contributed by atoms with Crippen molar-refractivity contribution in [3.8, 4) is 0 Å². The summed E-state index contributed by atoms with van der Waals surface area (Å²) in [5.74, 6) is 1.14. The van der Waals surface area contributed by atoms with Gasteiger partial charge in [-0.3, -0.25) is 9.80 Å². The quantitative estimate of drug-likeness (QED) is 0.0655. The van der Waals surface area contributed by atoms with Crippen molar-refractivity contribution in [3.05, 3.63) is 59.2 Å². The minimum absolute atomic E-state index is 0.0107. The van der Waals surface area contributed by atoms with Gasteiger partial charge in [0, 0.05) is 52.4 Å². The molecule has 0 radical (unpaired) electrons. The zero-order chi connectivity index (χ0) is 40.2. The number of aliphatic hydroxyl groups is 1. The molecule has 0 unspecified atom stereocenters. The number of esters is 2. The number of rotatable bonds is 30. The van der Waals surface area contributed by atoms with E-state index in [-0.39, 0.29) is 24.1 Å². The van der Waals surface area contributed by atoms with E-state index in [9.17, 15) is 19.5 Å². The highest BCUT2D eigenvalue weighted by molar-refractivity contribution is 7.99. The summed E-state index contributed by atoms with van der Waals surface area (Å²) in [7, 11) is 2.66. The molecule has 2 heterocycles. The van der Waals surface area contributed by atoms with Gasteiger partial charge in [0.1, 0.15) is 17.0 Å². The first kappa shape index (κ1) is 47.8. The Morgan fingerprint density at radius 2 is 1.20 bits per heavy atom. The number of ether oxygens (including phenoxy) is 6. The maximum absolute atomic E-state index is 12.0. The van der Waals surface area contributed by atoms with Crippen molar-refractivity contribution in [2.75, 3.05) is 105 Å². The van der Waals surface area contributed by atoms with Gasteiger partial charge in [0.25, 0.3) is 0 Å². The number of thioether (sulfide) groups is 1. The number of nitrogens with zero attached hydrogens (tertiary/aromatic N) is 4. The van der Waals surface area contributed by atoms with Gasteiger partial charge in [-0.25, -0.2) is 24.4 Å². The predicted molar refractivity (Wildman–Crippen MR) is 211 cm³/mol. The second kappa shape index (κ2) is 28.9. The van der Waals surface area contributed by atoms with Gasteiger partial charge in [0.2, 0.25) is 0 Å². The summed E-state index contributed by atoms with van der Waals surface area (Å²) in [6.45, 7) is 12.5. The number of carbonyl (C=O) groups excluding carboxylic acids is 3. The van der Waals surface area contributed by atoms with Crippen LogP contribution in [0.15, 0.2) is 36.4 Å². The average Bonchev–Trinajstić information content (AvgIpc) is 3.16. The minimum Gasteiger partial charge on any atom is -0.464 e. The molecule has 0 saturated heterocycles. The van der Waals surface area contributed by atoms with E-state index >= 15 is 0 Å². The number of methoxy groups -OCH3 is 2. The van der Waals surface area contributed by atoms with Crippen LogP contribution in [0.4, 0.5) is 4.79 Å². The van der Waals surface area contributed by atoms with Gasteiger partial charge < -0.3 is 38.8 Å². The molecule has 0 bridgehead atoms. The van der Waals surface area contributed by atoms with E-state index in [2.05, 4.69) is 20.2 Å². The monoisotopic (exact) mass is 793 g/mol. The van der Waals surface area contributed by atoms with Crippen molar-refractivity contribution in [1.82, 2.24) is 25.1 Å². The zero-order valence-electron chi connectivity index (χ0n) is 33.4. The standard InChI is InChI=1S/C39H63N5O10S/c1-39(2,3)54-38(48)40-16-7-6-8-28-55-29-11-22-51-23-19-44(31-33-13-10-15-35(42-33)37(47)50-5)20-25-53-27-26-52-24-18-43(17-21-45)30-32-12-9-14-34(41-32)36(46)49-4/h9-10,12-15,45H,6-8,11,16-31H2,1-5H3,(H,40,48). The highest BCUT2D eigenvalue weighted by Crippen LogP contribution is 2.10. The van der Waals surface area contributed by atoms with Crippen LogP contribution in [0, 0.1) is 0 Å².